The number of carbonyl (C=O) groups is 1. The van der Waals surface area contributed by atoms with E-state index in [-0.39, 0.29) is 11.3 Å². The van der Waals surface area contributed by atoms with Gasteiger partial charge in [0, 0.05) is 36.7 Å². The number of aromatic nitrogens is 2. The molecule has 2 heterocycles. The molecule has 2 aromatic rings. The van der Waals surface area contributed by atoms with Crippen LogP contribution in [0.3, 0.4) is 0 Å². The fourth-order valence-corrected chi connectivity index (χ4v) is 2.33. The van der Waals surface area contributed by atoms with Gasteiger partial charge in [0.25, 0.3) is 0 Å². The van der Waals surface area contributed by atoms with Crippen molar-refractivity contribution in [3.05, 3.63) is 47.4 Å². The molecule has 5 nitrogen and oxygen atoms in total. The zero-order valence-electron chi connectivity index (χ0n) is 15.1. The van der Waals surface area contributed by atoms with E-state index in [1.54, 1.807) is 6.20 Å². The van der Waals surface area contributed by atoms with Crippen molar-refractivity contribution in [1.82, 2.24) is 15.3 Å². The van der Waals surface area contributed by atoms with Gasteiger partial charge >= 0.3 is 0 Å². The monoisotopic (exact) mass is 329 g/mol. The predicted octanol–water partition coefficient (Wildman–Crippen LogP) is 3.36. The minimum Gasteiger partial charge on any atom is -0.445 e. The summed E-state index contributed by atoms with van der Waals surface area (Å²) in [4.78, 5) is 20.6. The van der Waals surface area contributed by atoms with Gasteiger partial charge in [0.15, 0.2) is 5.89 Å². The molecule has 2 rings (SSSR count). The second-order valence-electron chi connectivity index (χ2n) is 7.05. The number of aryl methyl sites for hydroxylation is 3. The van der Waals surface area contributed by atoms with E-state index in [2.05, 4.69) is 36.1 Å². The summed E-state index contributed by atoms with van der Waals surface area (Å²) in [7, 11) is 0. The van der Waals surface area contributed by atoms with Gasteiger partial charge in [-0.25, -0.2) is 4.98 Å². The Morgan fingerprint density at radius 2 is 2.04 bits per heavy atom. The van der Waals surface area contributed by atoms with Crippen molar-refractivity contribution in [2.45, 2.75) is 58.8 Å². The van der Waals surface area contributed by atoms with E-state index in [1.165, 1.54) is 0 Å². The number of carbonyl (C=O) groups excluding carboxylic acids is 1. The van der Waals surface area contributed by atoms with Crippen molar-refractivity contribution in [2.75, 3.05) is 6.54 Å². The van der Waals surface area contributed by atoms with E-state index in [0.717, 1.165) is 35.9 Å². The molecule has 24 heavy (non-hydrogen) atoms. The largest absolute Gasteiger partial charge is 0.445 e. The smallest absolute Gasteiger partial charge is 0.220 e. The molecule has 0 spiro atoms. The number of nitrogens with zero attached hydrogens (tertiary/aromatic N) is 2. The van der Waals surface area contributed by atoms with Gasteiger partial charge in [-0.1, -0.05) is 26.8 Å². The maximum absolute atomic E-state index is 11.9. The lowest BCUT2D eigenvalue weighted by Gasteiger charge is -2.12. The van der Waals surface area contributed by atoms with Crippen LogP contribution in [0.15, 0.2) is 28.8 Å². The van der Waals surface area contributed by atoms with E-state index < -0.39 is 0 Å². The highest BCUT2D eigenvalue weighted by atomic mass is 16.4. The highest BCUT2D eigenvalue weighted by Crippen LogP contribution is 2.24. The number of nitrogens with one attached hydrogen (secondary N) is 1. The van der Waals surface area contributed by atoms with Gasteiger partial charge in [0.1, 0.15) is 5.76 Å². The molecule has 0 bridgehead atoms. The van der Waals surface area contributed by atoms with Gasteiger partial charge in [-0.15, -0.1) is 0 Å². The first kappa shape index (κ1) is 18.2. The fourth-order valence-electron chi connectivity index (χ4n) is 2.33. The van der Waals surface area contributed by atoms with Crippen molar-refractivity contribution in [3.63, 3.8) is 0 Å². The van der Waals surface area contributed by atoms with E-state index in [9.17, 15) is 4.79 Å². The third-order valence-corrected chi connectivity index (χ3v) is 3.77. The Morgan fingerprint density at radius 1 is 1.25 bits per heavy atom. The highest BCUT2D eigenvalue weighted by molar-refractivity contribution is 5.76. The lowest BCUT2D eigenvalue weighted by molar-refractivity contribution is -0.121. The second kappa shape index (κ2) is 8.08. The molecule has 0 fully saturated rings. The predicted molar refractivity (Wildman–Crippen MR) is 93.8 cm³/mol. The van der Waals surface area contributed by atoms with Crippen LogP contribution in [0.4, 0.5) is 0 Å². The number of amides is 1. The first-order valence-electron chi connectivity index (χ1n) is 8.49. The highest BCUT2D eigenvalue weighted by Gasteiger charge is 2.21. The first-order valence-corrected chi connectivity index (χ1v) is 8.49. The van der Waals surface area contributed by atoms with Crippen LogP contribution >= 0.6 is 0 Å². The number of hydrogen-bond acceptors (Lipinski definition) is 4. The third-order valence-electron chi connectivity index (χ3n) is 3.77. The standard InChI is InChI=1S/C19H27N3O2/c1-14-16(24-18(22-14)19(2,3)4)9-7-13-21-17(23)11-10-15-8-5-6-12-20-15/h5-6,8,12H,7,9-11,13H2,1-4H3,(H,21,23). The van der Waals surface area contributed by atoms with E-state index >= 15 is 0 Å². The van der Waals surface area contributed by atoms with Crippen molar-refractivity contribution in [2.24, 2.45) is 0 Å². The van der Waals surface area contributed by atoms with E-state index in [1.807, 2.05) is 25.1 Å². The first-order chi connectivity index (χ1) is 11.4. The van der Waals surface area contributed by atoms with Crippen LogP contribution < -0.4 is 5.32 Å². The molecule has 5 heteroatoms. The summed E-state index contributed by atoms with van der Waals surface area (Å²) in [6, 6.07) is 5.75. The number of oxazole rings is 1. The summed E-state index contributed by atoms with van der Waals surface area (Å²) < 4.78 is 5.86. The number of pyridine rings is 1. The van der Waals surface area contributed by atoms with Crippen LogP contribution in [0.5, 0.6) is 0 Å². The average Bonchev–Trinajstić information content (AvgIpc) is 2.92. The summed E-state index contributed by atoms with van der Waals surface area (Å²) in [5.41, 5.74) is 1.81. The molecular formula is C19H27N3O2. The topological polar surface area (TPSA) is 68.0 Å². The number of rotatable bonds is 7. The molecular weight excluding hydrogens is 302 g/mol. The molecule has 0 saturated carbocycles. The van der Waals surface area contributed by atoms with Gasteiger partial charge in [0.2, 0.25) is 5.91 Å². The summed E-state index contributed by atoms with van der Waals surface area (Å²) in [6.45, 7) is 8.88. The van der Waals surface area contributed by atoms with E-state index in [4.69, 9.17) is 4.42 Å². The van der Waals surface area contributed by atoms with Crippen LogP contribution in [0.25, 0.3) is 0 Å². The minimum atomic E-state index is -0.0807. The average molecular weight is 329 g/mol. The maximum atomic E-state index is 11.9. The molecule has 0 atom stereocenters. The quantitative estimate of drug-likeness (QED) is 0.791. The Hall–Kier alpha value is -2.17. The van der Waals surface area contributed by atoms with Crippen LogP contribution in [0.2, 0.25) is 0 Å². The lowest BCUT2D eigenvalue weighted by Crippen LogP contribution is -2.25. The van der Waals surface area contributed by atoms with Crippen LogP contribution in [0, 0.1) is 6.92 Å². The van der Waals surface area contributed by atoms with Gasteiger partial charge in [-0.3, -0.25) is 9.78 Å². The molecule has 0 aromatic carbocycles. The zero-order chi connectivity index (χ0) is 17.6. The fraction of sp³-hybridized carbons (Fsp3) is 0.526. The molecule has 2 aromatic heterocycles. The summed E-state index contributed by atoms with van der Waals surface area (Å²) in [5, 5.41) is 2.95. The van der Waals surface area contributed by atoms with Crippen LogP contribution in [0.1, 0.15) is 56.7 Å². The molecule has 0 radical (unpaired) electrons. The molecule has 130 valence electrons. The zero-order valence-corrected chi connectivity index (χ0v) is 15.1. The number of hydrogen-bond donors (Lipinski definition) is 1. The summed E-state index contributed by atoms with van der Waals surface area (Å²) in [5.74, 6) is 1.75. The minimum absolute atomic E-state index is 0.0605. The van der Waals surface area contributed by atoms with Crippen molar-refractivity contribution < 1.29 is 9.21 Å². The lowest BCUT2D eigenvalue weighted by atomic mass is 9.97. The van der Waals surface area contributed by atoms with Crippen molar-refractivity contribution in [1.29, 1.82) is 0 Å². The molecule has 0 aliphatic heterocycles. The SMILES string of the molecule is Cc1nc(C(C)(C)C)oc1CCCNC(=O)CCc1ccccn1. The Morgan fingerprint density at radius 3 is 2.67 bits per heavy atom. The molecule has 0 unspecified atom stereocenters. The normalized spacial score (nSPS) is 11.5. The molecule has 0 aliphatic rings. The molecule has 0 aliphatic carbocycles. The molecule has 1 amide bonds. The third kappa shape index (κ3) is 5.48. The van der Waals surface area contributed by atoms with Crippen LogP contribution in [-0.4, -0.2) is 22.4 Å². The van der Waals surface area contributed by atoms with Gasteiger partial charge in [-0.05, 0) is 31.9 Å². The Bertz CT molecular complexity index is 657. The summed E-state index contributed by atoms with van der Waals surface area (Å²) >= 11 is 0. The molecule has 1 N–H and O–H groups in total. The Balaban J connectivity index is 1.69. The van der Waals surface area contributed by atoms with Crippen molar-refractivity contribution >= 4 is 5.91 Å². The Kier molecular flexibility index (Phi) is 6.12. The van der Waals surface area contributed by atoms with Crippen LogP contribution in [-0.2, 0) is 23.1 Å². The van der Waals surface area contributed by atoms with Crippen molar-refractivity contribution in [3.8, 4) is 0 Å². The van der Waals surface area contributed by atoms with Gasteiger partial charge < -0.3 is 9.73 Å². The van der Waals surface area contributed by atoms with Gasteiger partial charge in [0.05, 0.1) is 5.69 Å². The second-order valence-corrected chi connectivity index (χ2v) is 7.05. The maximum Gasteiger partial charge on any atom is 0.220 e. The Labute approximate surface area is 143 Å². The molecule has 0 saturated heterocycles. The van der Waals surface area contributed by atoms with E-state index in [0.29, 0.717) is 19.4 Å². The summed E-state index contributed by atoms with van der Waals surface area (Å²) in [6.07, 6.45) is 4.51. The van der Waals surface area contributed by atoms with Gasteiger partial charge in [-0.2, -0.15) is 0 Å².